The Morgan fingerprint density at radius 1 is 1.15 bits per heavy atom. The molecule has 13 heavy (non-hydrogen) atoms. The number of nitrogens with one attached hydrogen (secondary N) is 1. The van der Waals surface area contributed by atoms with Gasteiger partial charge in [0.2, 0.25) is 0 Å². The van der Waals surface area contributed by atoms with Gasteiger partial charge in [-0.3, -0.25) is 0 Å². The highest BCUT2D eigenvalue weighted by Crippen LogP contribution is 2.01. The van der Waals surface area contributed by atoms with Gasteiger partial charge in [0, 0.05) is 5.54 Å². The summed E-state index contributed by atoms with van der Waals surface area (Å²) >= 11 is 0. The minimum Gasteiger partial charge on any atom is -0.312 e. The van der Waals surface area contributed by atoms with Crippen LogP contribution in [0.1, 0.15) is 47.5 Å². The zero-order chi connectivity index (χ0) is 10.3. The van der Waals surface area contributed by atoms with Gasteiger partial charge in [0.25, 0.3) is 0 Å². The molecule has 0 aliphatic rings. The van der Waals surface area contributed by atoms with Crippen molar-refractivity contribution in [1.82, 2.24) is 5.32 Å². The summed E-state index contributed by atoms with van der Waals surface area (Å²) in [5.74, 6) is 0.784. The Hall–Kier alpha value is -0.300. The first kappa shape index (κ1) is 12.7. The number of hydrogen-bond donors (Lipinski definition) is 1. The summed E-state index contributed by atoms with van der Waals surface area (Å²) in [6.07, 6.45) is 6.91. The second kappa shape index (κ2) is 6.20. The second-order valence-electron chi connectivity index (χ2n) is 5.07. The van der Waals surface area contributed by atoms with Gasteiger partial charge in [0.1, 0.15) is 0 Å². The third-order valence-electron chi connectivity index (χ3n) is 1.74. The van der Waals surface area contributed by atoms with Crippen molar-refractivity contribution < 1.29 is 0 Å². The van der Waals surface area contributed by atoms with Gasteiger partial charge in [-0.15, -0.1) is 0 Å². The van der Waals surface area contributed by atoms with E-state index in [9.17, 15) is 0 Å². The summed E-state index contributed by atoms with van der Waals surface area (Å²) < 4.78 is 0. The maximum atomic E-state index is 3.46. The molecular formula is C12H25N. The molecular weight excluding hydrogens is 158 g/mol. The summed E-state index contributed by atoms with van der Waals surface area (Å²) in [7, 11) is 0. The van der Waals surface area contributed by atoms with E-state index < -0.39 is 0 Å². The maximum Gasteiger partial charge on any atom is 0.00966 e. The Morgan fingerprint density at radius 2 is 1.77 bits per heavy atom. The van der Waals surface area contributed by atoms with E-state index in [1.54, 1.807) is 0 Å². The molecule has 0 heterocycles. The number of allylic oxidation sites excluding steroid dienone is 1. The predicted octanol–water partition coefficient (Wildman–Crippen LogP) is 3.37. The smallest absolute Gasteiger partial charge is 0.00966 e. The van der Waals surface area contributed by atoms with Crippen LogP contribution in [0.25, 0.3) is 0 Å². The summed E-state index contributed by atoms with van der Waals surface area (Å²) in [4.78, 5) is 0. The molecule has 0 aliphatic carbocycles. The standard InChI is InChI=1S/C12H25N/c1-11(2)9-7-6-8-10-13-12(3,4)5/h6-7,11,13H,8-10H2,1-5H3. The van der Waals surface area contributed by atoms with Crippen molar-refractivity contribution in [2.45, 2.75) is 53.0 Å². The molecule has 0 saturated heterocycles. The number of rotatable bonds is 5. The quantitative estimate of drug-likeness (QED) is 0.509. The molecule has 0 saturated carbocycles. The van der Waals surface area contributed by atoms with E-state index in [4.69, 9.17) is 0 Å². The monoisotopic (exact) mass is 183 g/mol. The van der Waals surface area contributed by atoms with Crippen molar-refractivity contribution in [1.29, 1.82) is 0 Å². The van der Waals surface area contributed by atoms with Gasteiger partial charge >= 0.3 is 0 Å². The van der Waals surface area contributed by atoms with Crippen LogP contribution in [0.2, 0.25) is 0 Å². The Balaban J connectivity index is 3.31. The van der Waals surface area contributed by atoms with Crippen molar-refractivity contribution in [3.63, 3.8) is 0 Å². The van der Waals surface area contributed by atoms with Crippen LogP contribution in [0.15, 0.2) is 12.2 Å². The van der Waals surface area contributed by atoms with Crippen LogP contribution in [-0.2, 0) is 0 Å². The summed E-state index contributed by atoms with van der Waals surface area (Å²) in [6, 6.07) is 0. The minimum atomic E-state index is 0.256. The lowest BCUT2D eigenvalue weighted by Gasteiger charge is -2.19. The van der Waals surface area contributed by atoms with Crippen LogP contribution in [0, 0.1) is 5.92 Å². The number of hydrogen-bond acceptors (Lipinski definition) is 1. The Kier molecular flexibility index (Phi) is 6.06. The van der Waals surface area contributed by atoms with Crippen LogP contribution >= 0.6 is 0 Å². The zero-order valence-corrected chi connectivity index (χ0v) is 9.85. The molecule has 0 amide bonds. The van der Waals surface area contributed by atoms with Gasteiger partial charge < -0.3 is 5.32 Å². The van der Waals surface area contributed by atoms with E-state index in [1.807, 2.05) is 0 Å². The molecule has 1 N–H and O–H groups in total. The first-order valence-electron chi connectivity index (χ1n) is 5.32. The lowest BCUT2D eigenvalue weighted by molar-refractivity contribution is 0.431. The van der Waals surface area contributed by atoms with Gasteiger partial charge in [-0.05, 0) is 46.1 Å². The van der Waals surface area contributed by atoms with Crippen LogP contribution in [0.3, 0.4) is 0 Å². The minimum absolute atomic E-state index is 0.256. The predicted molar refractivity (Wildman–Crippen MR) is 61.0 cm³/mol. The fourth-order valence-corrected chi connectivity index (χ4v) is 1.02. The molecule has 0 rings (SSSR count). The summed E-state index contributed by atoms with van der Waals surface area (Å²) in [5, 5.41) is 3.46. The molecule has 1 nitrogen and oxygen atoms in total. The van der Waals surface area contributed by atoms with Crippen molar-refractivity contribution in [3.05, 3.63) is 12.2 Å². The largest absolute Gasteiger partial charge is 0.312 e. The topological polar surface area (TPSA) is 12.0 Å². The van der Waals surface area contributed by atoms with Crippen molar-refractivity contribution in [3.8, 4) is 0 Å². The van der Waals surface area contributed by atoms with Gasteiger partial charge in [-0.1, -0.05) is 26.0 Å². The van der Waals surface area contributed by atoms with E-state index in [2.05, 4.69) is 52.1 Å². The summed E-state index contributed by atoms with van der Waals surface area (Å²) in [5.41, 5.74) is 0.256. The molecule has 0 fully saturated rings. The normalized spacial score (nSPS) is 13.1. The molecule has 0 aliphatic heterocycles. The van der Waals surface area contributed by atoms with Crippen LogP contribution in [0.5, 0.6) is 0 Å². The van der Waals surface area contributed by atoms with Crippen molar-refractivity contribution in [2.24, 2.45) is 5.92 Å². The summed E-state index contributed by atoms with van der Waals surface area (Å²) in [6.45, 7) is 12.2. The maximum absolute atomic E-state index is 3.46. The Labute approximate surface area is 83.6 Å². The third-order valence-corrected chi connectivity index (χ3v) is 1.74. The molecule has 0 aromatic carbocycles. The average Bonchev–Trinajstić information content (AvgIpc) is 1.93. The van der Waals surface area contributed by atoms with Gasteiger partial charge in [0.05, 0.1) is 0 Å². The average molecular weight is 183 g/mol. The first-order valence-corrected chi connectivity index (χ1v) is 5.32. The Morgan fingerprint density at radius 3 is 2.23 bits per heavy atom. The highest BCUT2D eigenvalue weighted by molar-refractivity contribution is 4.84. The van der Waals surface area contributed by atoms with E-state index in [0.717, 1.165) is 18.9 Å². The highest BCUT2D eigenvalue weighted by atomic mass is 14.9. The van der Waals surface area contributed by atoms with E-state index in [0.29, 0.717) is 0 Å². The molecule has 0 spiro atoms. The molecule has 0 atom stereocenters. The van der Waals surface area contributed by atoms with Gasteiger partial charge in [-0.25, -0.2) is 0 Å². The van der Waals surface area contributed by atoms with Crippen LogP contribution < -0.4 is 5.32 Å². The van der Waals surface area contributed by atoms with Crippen LogP contribution in [-0.4, -0.2) is 12.1 Å². The lowest BCUT2D eigenvalue weighted by atomic mass is 10.1. The highest BCUT2D eigenvalue weighted by Gasteiger charge is 2.05. The Bertz CT molecular complexity index is 140. The van der Waals surface area contributed by atoms with Crippen molar-refractivity contribution >= 4 is 0 Å². The molecule has 0 aromatic rings. The zero-order valence-electron chi connectivity index (χ0n) is 9.85. The SMILES string of the molecule is CC(C)CC=CCCNC(C)(C)C. The fourth-order valence-electron chi connectivity index (χ4n) is 1.02. The lowest BCUT2D eigenvalue weighted by Crippen LogP contribution is -2.36. The van der Waals surface area contributed by atoms with Crippen molar-refractivity contribution in [2.75, 3.05) is 6.54 Å². The molecule has 0 aromatic heterocycles. The molecule has 0 unspecified atom stereocenters. The third kappa shape index (κ3) is 11.7. The van der Waals surface area contributed by atoms with Gasteiger partial charge in [0.15, 0.2) is 0 Å². The molecule has 0 bridgehead atoms. The first-order chi connectivity index (χ1) is 5.92. The molecule has 78 valence electrons. The molecule has 0 radical (unpaired) electrons. The van der Waals surface area contributed by atoms with Gasteiger partial charge in [-0.2, -0.15) is 0 Å². The van der Waals surface area contributed by atoms with E-state index in [1.165, 1.54) is 6.42 Å². The van der Waals surface area contributed by atoms with E-state index in [-0.39, 0.29) is 5.54 Å². The fraction of sp³-hybridized carbons (Fsp3) is 0.833. The molecule has 1 heteroatoms. The van der Waals surface area contributed by atoms with E-state index >= 15 is 0 Å². The second-order valence-corrected chi connectivity index (χ2v) is 5.07. The van der Waals surface area contributed by atoms with Crippen LogP contribution in [0.4, 0.5) is 0 Å².